The van der Waals surface area contributed by atoms with Crippen LogP contribution in [-0.2, 0) is 14.3 Å². The number of rotatable bonds is 7. The zero-order valence-corrected chi connectivity index (χ0v) is 20.6. The van der Waals surface area contributed by atoms with E-state index in [1.165, 1.54) is 11.8 Å². The predicted molar refractivity (Wildman–Crippen MR) is 135 cm³/mol. The van der Waals surface area contributed by atoms with Gasteiger partial charge in [0, 0.05) is 16.9 Å². The third-order valence-corrected chi connectivity index (χ3v) is 6.34. The highest BCUT2D eigenvalue weighted by Crippen LogP contribution is 2.41. The summed E-state index contributed by atoms with van der Waals surface area (Å²) in [7, 11) is 0. The summed E-state index contributed by atoms with van der Waals surface area (Å²) < 4.78 is 11.1. The lowest BCUT2D eigenvalue weighted by Crippen LogP contribution is -2.34. The summed E-state index contributed by atoms with van der Waals surface area (Å²) in [4.78, 5) is 31.8. The lowest BCUT2D eigenvalue weighted by atomic mass is 9.94. The van der Waals surface area contributed by atoms with E-state index in [0.717, 1.165) is 16.3 Å². The standard InChI is InChI=1S/C25H24ClN3O4S/c1-4-32-24(31)22-16(3)27-25-29(10-11-34-25)23(22)17-6-5-7-19(12-17)33-14-21(30)28-20-13-18(26)9-8-15(20)2/h5-13,23H,4,14H2,1-3H3,(H,28,30)/t23-/m0/s1. The Morgan fingerprint density at radius 2 is 2.03 bits per heavy atom. The Morgan fingerprint density at radius 1 is 1.21 bits per heavy atom. The molecule has 9 heteroatoms. The number of hydrogen-bond acceptors (Lipinski definition) is 7. The molecule has 1 atom stereocenters. The second-order valence-corrected chi connectivity index (χ2v) is 9.00. The lowest BCUT2D eigenvalue weighted by Gasteiger charge is -2.33. The van der Waals surface area contributed by atoms with Gasteiger partial charge in [0.15, 0.2) is 11.8 Å². The molecule has 1 amide bonds. The van der Waals surface area contributed by atoms with Gasteiger partial charge in [-0.05, 0) is 61.6 Å². The Balaban J connectivity index is 1.53. The van der Waals surface area contributed by atoms with Crippen LogP contribution in [0.15, 0.2) is 70.3 Å². The Hall–Kier alpha value is -3.23. The van der Waals surface area contributed by atoms with Crippen LogP contribution in [0.4, 0.5) is 5.69 Å². The third-order valence-electron chi connectivity index (χ3n) is 5.33. The molecule has 0 aromatic heterocycles. The van der Waals surface area contributed by atoms with E-state index >= 15 is 0 Å². The molecule has 0 unspecified atom stereocenters. The van der Waals surface area contributed by atoms with E-state index in [4.69, 9.17) is 21.1 Å². The first-order valence-corrected chi connectivity index (χ1v) is 12.0. The first-order chi connectivity index (χ1) is 16.4. The Bertz CT molecular complexity index is 1220. The average Bonchev–Trinajstić information content (AvgIpc) is 3.27. The van der Waals surface area contributed by atoms with E-state index in [2.05, 4.69) is 10.3 Å². The number of benzene rings is 2. The number of aliphatic imine (C=N–C) groups is 1. The fraction of sp³-hybridized carbons (Fsp3) is 0.240. The molecule has 0 spiro atoms. The summed E-state index contributed by atoms with van der Waals surface area (Å²) in [6.45, 7) is 5.57. The number of carbonyl (C=O) groups is 2. The summed E-state index contributed by atoms with van der Waals surface area (Å²) >= 11 is 7.52. The quantitative estimate of drug-likeness (QED) is 0.513. The smallest absolute Gasteiger partial charge is 0.338 e. The SMILES string of the molecule is CCOC(=O)C1=C(C)N=C2SC=CN2[C@H]1c1cccc(OCC(=O)Nc2cc(Cl)ccc2C)c1. The fourth-order valence-electron chi connectivity index (χ4n) is 3.74. The van der Waals surface area contributed by atoms with Gasteiger partial charge < -0.3 is 19.7 Å². The van der Waals surface area contributed by atoms with E-state index in [9.17, 15) is 9.59 Å². The number of fused-ring (bicyclic) bond motifs is 1. The highest BCUT2D eigenvalue weighted by atomic mass is 35.5. The molecule has 2 heterocycles. The van der Waals surface area contributed by atoms with E-state index < -0.39 is 12.0 Å². The highest BCUT2D eigenvalue weighted by Gasteiger charge is 2.37. The first kappa shape index (κ1) is 23.9. The monoisotopic (exact) mass is 497 g/mol. The van der Waals surface area contributed by atoms with Crippen molar-refractivity contribution in [3.63, 3.8) is 0 Å². The minimum atomic E-state index is -0.413. The van der Waals surface area contributed by atoms with Gasteiger partial charge in [-0.1, -0.05) is 41.6 Å². The van der Waals surface area contributed by atoms with Crippen LogP contribution in [0.3, 0.4) is 0 Å². The molecule has 4 rings (SSSR count). The van der Waals surface area contributed by atoms with E-state index in [-0.39, 0.29) is 19.1 Å². The molecule has 0 bridgehead atoms. The van der Waals surface area contributed by atoms with Crippen molar-refractivity contribution in [3.8, 4) is 5.75 Å². The number of nitrogens with one attached hydrogen (secondary N) is 1. The number of amides is 1. The van der Waals surface area contributed by atoms with E-state index in [1.54, 1.807) is 25.1 Å². The van der Waals surface area contributed by atoms with Gasteiger partial charge in [0.05, 0.1) is 23.9 Å². The van der Waals surface area contributed by atoms with Gasteiger partial charge in [0.2, 0.25) is 0 Å². The number of ether oxygens (including phenoxy) is 2. The van der Waals surface area contributed by atoms with Crippen molar-refractivity contribution in [1.82, 2.24) is 4.90 Å². The molecule has 1 N–H and O–H groups in total. The van der Waals surface area contributed by atoms with Gasteiger partial charge >= 0.3 is 5.97 Å². The number of anilines is 1. The molecule has 2 aromatic rings. The van der Waals surface area contributed by atoms with Crippen LogP contribution >= 0.6 is 23.4 Å². The van der Waals surface area contributed by atoms with E-state index in [1.807, 2.05) is 54.6 Å². The summed E-state index contributed by atoms with van der Waals surface area (Å²) in [5, 5.41) is 6.08. The number of halogens is 1. The highest BCUT2D eigenvalue weighted by molar-refractivity contribution is 8.16. The molecule has 0 aliphatic carbocycles. The molecule has 176 valence electrons. The van der Waals surface area contributed by atoms with Crippen molar-refractivity contribution < 1.29 is 19.1 Å². The average molecular weight is 498 g/mol. The molecule has 0 saturated heterocycles. The van der Waals surface area contributed by atoms with Crippen molar-refractivity contribution >= 4 is 46.1 Å². The number of esters is 1. The number of allylic oxidation sites excluding steroid dienone is 1. The number of aryl methyl sites for hydroxylation is 1. The van der Waals surface area contributed by atoms with Crippen LogP contribution in [0, 0.1) is 6.92 Å². The molecule has 2 aromatic carbocycles. The first-order valence-electron chi connectivity index (χ1n) is 10.7. The molecule has 2 aliphatic rings. The Morgan fingerprint density at radius 3 is 2.82 bits per heavy atom. The number of thioether (sulfide) groups is 1. The summed E-state index contributed by atoms with van der Waals surface area (Å²) in [5.41, 5.74) is 3.46. The van der Waals surface area contributed by atoms with Gasteiger partial charge in [-0.15, -0.1) is 0 Å². The molecular weight excluding hydrogens is 474 g/mol. The van der Waals surface area contributed by atoms with Crippen LogP contribution in [0.2, 0.25) is 5.02 Å². The largest absolute Gasteiger partial charge is 0.484 e. The number of hydrogen-bond donors (Lipinski definition) is 1. The lowest BCUT2D eigenvalue weighted by molar-refractivity contribution is -0.139. The summed E-state index contributed by atoms with van der Waals surface area (Å²) in [6, 6.07) is 12.2. The fourth-order valence-corrected chi connectivity index (χ4v) is 4.70. The maximum absolute atomic E-state index is 12.8. The van der Waals surface area contributed by atoms with Gasteiger partial charge in [-0.25, -0.2) is 9.79 Å². The molecule has 34 heavy (non-hydrogen) atoms. The molecule has 0 fully saturated rings. The Labute approximate surface area is 207 Å². The van der Waals surface area contributed by atoms with Crippen LogP contribution in [0.1, 0.15) is 31.0 Å². The topological polar surface area (TPSA) is 80.2 Å². The maximum atomic E-state index is 12.8. The molecule has 0 radical (unpaired) electrons. The maximum Gasteiger partial charge on any atom is 0.338 e. The molecule has 7 nitrogen and oxygen atoms in total. The minimum absolute atomic E-state index is 0.175. The van der Waals surface area contributed by atoms with Crippen molar-refractivity contribution in [1.29, 1.82) is 0 Å². The van der Waals surface area contributed by atoms with Crippen molar-refractivity contribution in [3.05, 3.63) is 81.5 Å². The zero-order chi connectivity index (χ0) is 24.2. The Kier molecular flexibility index (Phi) is 7.29. The minimum Gasteiger partial charge on any atom is -0.484 e. The van der Waals surface area contributed by atoms with Gasteiger partial charge in [-0.2, -0.15) is 0 Å². The van der Waals surface area contributed by atoms with Gasteiger partial charge in [0.25, 0.3) is 5.91 Å². The predicted octanol–water partition coefficient (Wildman–Crippen LogP) is 5.43. The normalized spacial score (nSPS) is 16.8. The molecular formula is C25H24ClN3O4S. The second-order valence-electron chi connectivity index (χ2n) is 7.70. The van der Waals surface area contributed by atoms with Crippen LogP contribution < -0.4 is 10.1 Å². The number of carbonyl (C=O) groups excluding carboxylic acids is 2. The molecule has 0 saturated carbocycles. The van der Waals surface area contributed by atoms with Crippen molar-refractivity contribution in [2.75, 3.05) is 18.5 Å². The van der Waals surface area contributed by atoms with Gasteiger partial charge in [0.1, 0.15) is 5.75 Å². The van der Waals surface area contributed by atoms with Crippen LogP contribution in [-0.4, -0.2) is 35.2 Å². The van der Waals surface area contributed by atoms with E-state index in [0.29, 0.717) is 27.7 Å². The van der Waals surface area contributed by atoms with Crippen molar-refractivity contribution in [2.45, 2.75) is 26.8 Å². The van der Waals surface area contributed by atoms with Gasteiger partial charge in [-0.3, -0.25) is 4.79 Å². The van der Waals surface area contributed by atoms with Crippen LogP contribution in [0.5, 0.6) is 5.75 Å². The summed E-state index contributed by atoms with van der Waals surface area (Å²) in [6.07, 6.45) is 1.90. The summed E-state index contributed by atoms with van der Waals surface area (Å²) in [5.74, 6) is -0.193. The van der Waals surface area contributed by atoms with Crippen LogP contribution in [0.25, 0.3) is 0 Å². The zero-order valence-electron chi connectivity index (χ0n) is 19.0. The molecule has 2 aliphatic heterocycles. The van der Waals surface area contributed by atoms with Crippen molar-refractivity contribution in [2.24, 2.45) is 4.99 Å². The number of amidine groups is 1. The number of nitrogens with zero attached hydrogens (tertiary/aromatic N) is 2. The second kappa shape index (κ2) is 10.4. The third kappa shape index (κ3) is 5.13.